The zero-order valence-electron chi connectivity index (χ0n) is 39.5. The average molecular weight is 927 g/mol. The third-order valence-corrected chi connectivity index (χ3v) is 11.5. The summed E-state index contributed by atoms with van der Waals surface area (Å²) in [4.78, 5) is 25.7. The monoisotopic (exact) mass is 927 g/mol. The van der Waals surface area contributed by atoms with E-state index in [1.165, 1.54) is 57.8 Å². The molecule has 4 unspecified atom stereocenters. The lowest BCUT2D eigenvalue weighted by molar-refractivity contribution is -0.332. The van der Waals surface area contributed by atoms with Gasteiger partial charge in [0, 0.05) is 12.8 Å². The van der Waals surface area contributed by atoms with Gasteiger partial charge >= 0.3 is 11.9 Å². The zero-order valence-corrected chi connectivity index (χ0v) is 39.5. The van der Waals surface area contributed by atoms with Gasteiger partial charge < -0.3 is 64.2 Å². The number of esters is 2. The van der Waals surface area contributed by atoms with E-state index in [1.807, 2.05) is 6.08 Å². The highest BCUT2D eigenvalue weighted by atomic mass is 16.7. The number of unbranched alkanes of at least 4 members (excludes halogenated alkanes) is 15. The molecular weight excluding hydrogens is 841 g/mol. The molecule has 0 bridgehead atoms. The molecule has 0 amide bonds. The molecule has 2 aliphatic rings. The SMILES string of the molecule is CCCCC/C=C/CCCCCCCC(=O)OC[C@H](CO[C@H]1O[C@@H](CO[C@H]2O[C@@H](CO)[C@@H](O)C(O)C2O)[C@@H](O)C(O)C1O)OC(=O)CCC/C=C/C/C=C/C/C=C/CCCCCCCC. The van der Waals surface area contributed by atoms with Crippen LogP contribution in [0.25, 0.3) is 0 Å². The first-order chi connectivity index (χ1) is 31.5. The van der Waals surface area contributed by atoms with Gasteiger partial charge in [-0.15, -0.1) is 0 Å². The number of ether oxygens (including phenoxy) is 6. The van der Waals surface area contributed by atoms with Crippen molar-refractivity contribution in [3.05, 3.63) is 48.6 Å². The molecule has 15 heteroatoms. The average Bonchev–Trinajstić information content (AvgIpc) is 3.30. The molecule has 65 heavy (non-hydrogen) atoms. The Morgan fingerprint density at radius 3 is 1.54 bits per heavy atom. The second kappa shape index (κ2) is 37.4. The molecule has 2 rings (SSSR count). The van der Waals surface area contributed by atoms with Crippen LogP contribution < -0.4 is 0 Å². The van der Waals surface area contributed by atoms with Crippen molar-refractivity contribution in [2.45, 2.75) is 229 Å². The van der Waals surface area contributed by atoms with Crippen molar-refractivity contribution < 1.29 is 73.8 Å². The summed E-state index contributed by atoms with van der Waals surface area (Å²) in [5.74, 6) is -1.000. The summed E-state index contributed by atoms with van der Waals surface area (Å²) in [6, 6.07) is 0. The van der Waals surface area contributed by atoms with Crippen molar-refractivity contribution in [2.75, 3.05) is 26.4 Å². The van der Waals surface area contributed by atoms with Crippen LogP contribution in [0, 0.1) is 0 Å². The van der Waals surface area contributed by atoms with Crippen LogP contribution in [0.5, 0.6) is 0 Å². The molecule has 0 aromatic heterocycles. The van der Waals surface area contributed by atoms with Crippen molar-refractivity contribution in [1.82, 2.24) is 0 Å². The first kappa shape index (κ1) is 58.6. The van der Waals surface area contributed by atoms with Gasteiger partial charge in [0.15, 0.2) is 18.7 Å². The fourth-order valence-corrected chi connectivity index (χ4v) is 7.40. The lowest BCUT2D eigenvalue weighted by atomic mass is 9.98. The van der Waals surface area contributed by atoms with Crippen LogP contribution in [0.4, 0.5) is 0 Å². The Balaban J connectivity index is 1.86. The van der Waals surface area contributed by atoms with E-state index < -0.39 is 99.3 Å². The van der Waals surface area contributed by atoms with Gasteiger partial charge in [-0.2, -0.15) is 0 Å². The molecular formula is C50H86O15. The molecule has 7 N–H and O–H groups in total. The van der Waals surface area contributed by atoms with Gasteiger partial charge in [-0.1, -0.05) is 127 Å². The zero-order chi connectivity index (χ0) is 47.5. The third-order valence-electron chi connectivity index (χ3n) is 11.5. The largest absolute Gasteiger partial charge is 0.462 e. The number of aliphatic hydroxyl groups is 7. The van der Waals surface area contributed by atoms with E-state index >= 15 is 0 Å². The summed E-state index contributed by atoms with van der Waals surface area (Å²) < 4.78 is 33.4. The van der Waals surface area contributed by atoms with Crippen LogP contribution in [0.15, 0.2) is 48.6 Å². The van der Waals surface area contributed by atoms with Crippen LogP contribution in [-0.2, 0) is 38.0 Å². The van der Waals surface area contributed by atoms with Crippen molar-refractivity contribution in [3.63, 3.8) is 0 Å². The number of rotatable bonds is 37. The van der Waals surface area contributed by atoms with Crippen LogP contribution in [-0.4, -0.2) is 142 Å². The summed E-state index contributed by atoms with van der Waals surface area (Å²) in [6.45, 7) is 2.48. The van der Waals surface area contributed by atoms with Gasteiger partial charge in [-0.25, -0.2) is 0 Å². The summed E-state index contributed by atoms with van der Waals surface area (Å²) in [5.41, 5.74) is 0. The van der Waals surface area contributed by atoms with E-state index in [9.17, 15) is 45.3 Å². The Kier molecular flexibility index (Phi) is 33.7. The fourth-order valence-electron chi connectivity index (χ4n) is 7.40. The van der Waals surface area contributed by atoms with Gasteiger partial charge in [-0.3, -0.25) is 9.59 Å². The molecule has 2 saturated heterocycles. The second-order valence-electron chi connectivity index (χ2n) is 17.3. The normalized spacial score (nSPS) is 26.8. The lowest BCUT2D eigenvalue weighted by Crippen LogP contribution is -2.61. The highest BCUT2D eigenvalue weighted by Crippen LogP contribution is 2.26. The maximum Gasteiger partial charge on any atom is 0.306 e. The number of carbonyl (C=O) groups excluding carboxylic acids is 2. The van der Waals surface area contributed by atoms with Gasteiger partial charge in [0.05, 0.1) is 19.8 Å². The number of carbonyl (C=O) groups is 2. The van der Waals surface area contributed by atoms with Crippen molar-refractivity contribution in [3.8, 4) is 0 Å². The van der Waals surface area contributed by atoms with E-state index in [1.54, 1.807) is 0 Å². The molecule has 0 aromatic carbocycles. The summed E-state index contributed by atoms with van der Waals surface area (Å²) in [5, 5.41) is 72.0. The molecule has 2 fully saturated rings. The van der Waals surface area contributed by atoms with E-state index in [0.29, 0.717) is 19.3 Å². The number of allylic oxidation sites excluding steroid dienone is 8. The molecule has 0 aliphatic carbocycles. The molecule has 11 atom stereocenters. The highest BCUT2D eigenvalue weighted by Gasteiger charge is 2.47. The van der Waals surface area contributed by atoms with E-state index in [-0.39, 0.29) is 19.4 Å². The maximum absolute atomic E-state index is 13.0. The Hall–Kier alpha value is -2.54. The van der Waals surface area contributed by atoms with Crippen molar-refractivity contribution >= 4 is 11.9 Å². The first-order valence-corrected chi connectivity index (χ1v) is 24.7. The predicted octanol–water partition coefficient (Wildman–Crippen LogP) is 6.32. The minimum absolute atomic E-state index is 0.0908. The second-order valence-corrected chi connectivity index (χ2v) is 17.3. The van der Waals surface area contributed by atoms with E-state index in [4.69, 9.17) is 28.4 Å². The molecule has 2 heterocycles. The van der Waals surface area contributed by atoms with E-state index in [0.717, 1.165) is 57.8 Å². The Bertz CT molecular complexity index is 1320. The van der Waals surface area contributed by atoms with Gasteiger partial charge in [0.2, 0.25) is 0 Å². The molecule has 376 valence electrons. The van der Waals surface area contributed by atoms with Crippen LogP contribution in [0.2, 0.25) is 0 Å². The van der Waals surface area contributed by atoms with Crippen LogP contribution >= 0.6 is 0 Å². The topological polar surface area (TPSA) is 231 Å². The smallest absolute Gasteiger partial charge is 0.306 e. The highest BCUT2D eigenvalue weighted by molar-refractivity contribution is 5.70. The Labute approximate surface area is 388 Å². The summed E-state index contributed by atoms with van der Waals surface area (Å²) in [6.07, 6.45) is 23.0. The minimum atomic E-state index is -1.77. The quantitative estimate of drug-likeness (QED) is 0.0205. The molecule has 15 nitrogen and oxygen atoms in total. The van der Waals surface area contributed by atoms with Crippen LogP contribution in [0.1, 0.15) is 162 Å². The molecule has 0 radical (unpaired) electrons. The summed E-state index contributed by atoms with van der Waals surface area (Å²) >= 11 is 0. The van der Waals surface area contributed by atoms with Gasteiger partial charge in [-0.05, 0) is 70.6 Å². The first-order valence-electron chi connectivity index (χ1n) is 24.7. The Morgan fingerprint density at radius 1 is 0.492 bits per heavy atom. The van der Waals surface area contributed by atoms with Crippen molar-refractivity contribution in [2.24, 2.45) is 0 Å². The standard InChI is InChI=1S/C50H86O15/c1-3-5-7-9-11-13-15-17-18-19-20-21-23-25-27-29-31-33-42(53)63-38(35-60-41(52)32-30-28-26-24-22-16-14-12-10-8-6-4-2)36-61-49-48(59)46(57)44(55)40(65-49)37-62-50-47(58)45(56)43(54)39(34-51)64-50/h12,14,17-18,20-21,25,27,38-40,43-51,54-59H,3-11,13,15-16,19,22-24,26,28-37H2,1-2H3/b14-12+,18-17+,21-20+,27-25+/t38-,39+,40+,43-,44-,45?,46?,47?,48?,49+,50+/m1/s1. The number of aliphatic hydroxyl groups excluding tert-OH is 7. The van der Waals surface area contributed by atoms with Gasteiger partial charge in [0.1, 0.15) is 55.4 Å². The minimum Gasteiger partial charge on any atom is -0.462 e. The molecule has 0 saturated carbocycles. The van der Waals surface area contributed by atoms with Gasteiger partial charge in [0.25, 0.3) is 0 Å². The summed E-state index contributed by atoms with van der Waals surface area (Å²) in [7, 11) is 0. The molecule has 0 spiro atoms. The predicted molar refractivity (Wildman–Crippen MR) is 247 cm³/mol. The molecule has 2 aliphatic heterocycles. The number of hydrogen-bond donors (Lipinski definition) is 7. The third kappa shape index (κ3) is 26.0. The maximum atomic E-state index is 13.0. The van der Waals surface area contributed by atoms with E-state index in [2.05, 4.69) is 56.4 Å². The fraction of sp³-hybridized carbons (Fsp3) is 0.800. The Morgan fingerprint density at radius 2 is 0.938 bits per heavy atom. The lowest BCUT2D eigenvalue weighted by Gasteiger charge is -2.42. The van der Waals surface area contributed by atoms with Crippen LogP contribution in [0.3, 0.4) is 0 Å². The number of hydrogen-bond acceptors (Lipinski definition) is 15. The van der Waals surface area contributed by atoms with Crippen molar-refractivity contribution in [1.29, 1.82) is 0 Å². The molecule has 0 aromatic rings.